The minimum Gasteiger partial charge on any atom is -0.483 e. The van der Waals surface area contributed by atoms with Crippen molar-refractivity contribution in [1.82, 2.24) is 10.2 Å². The highest BCUT2D eigenvalue weighted by Crippen LogP contribution is 2.29. The molecule has 0 radical (unpaired) electrons. The molecule has 1 atom stereocenters. The van der Waals surface area contributed by atoms with Crippen molar-refractivity contribution in [2.45, 2.75) is 12.5 Å². The number of rotatable bonds is 9. The zero-order valence-electron chi connectivity index (χ0n) is 17.0. The second-order valence-electron chi connectivity index (χ2n) is 7.26. The first-order valence-electron chi connectivity index (χ1n) is 9.88. The van der Waals surface area contributed by atoms with E-state index in [1.165, 1.54) is 5.56 Å². The Kier molecular flexibility index (Phi) is 7.42. The van der Waals surface area contributed by atoms with Crippen molar-refractivity contribution in [3.8, 4) is 16.9 Å². The fourth-order valence-electron chi connectivity index (χ4n) is 3.20. The van der Waals surface area contributed by atoms with Crippen molar-refractivity contribution < 1.29 is 9.53 Å². The van der Waals surface area contributed by atoms with Crippen LogP contribution >= 0.6 is 0 Å². The summed E-state index contributed by atoms with van der Waals surface area (Å²) < 4.78 is 5.84. The van der Waals surface area contributed by atoms with Gasteiger partial charge in [-0.15, -0.1) is 0 Å². The van der Waals surface area contributed by atoms with Crippen LogP contribution in [-0.4, -0.2) is 44.1 Å². The minimum absolute atomic E-state index is 0.00463. The van der Waals surface area contributed by atoms with Gasteiger partial charge in [0.15, 0.2) is 6.61 Å². The van der Waals surface area contributed by atoms with E-state index in [-0.39, 0.29) is 18.6 Å². The van der Waals surface area contributed by atoms with E-state index in [0.717, 1.165) is 17.5 Å². The van der Waals surface area contributed by atoms with E-state index < -0.39 is 0 Å². The van der Waals surface area contributed by atoms with Crippen LogP contribution in [0.5, 0.6) is 5.75 Å². The predicted molar refractivity (Wildman–Crippen MR) is 118 cm³/mol. The van der Waals surface area contributed by atoms with Gasteiger partial charge in [-0.3, -0.25) is 4.79 Å². The lowest BCUT2D eigenvalue weighted by Gasteiger charge is -2.25. The molecular weight excluding hydrogens is 360 g/mol. The SMILES string of the molecule is CN(C)[C@@H](CNC(=O)COc1ccccc1-c1ccccc1)Cc1ccccc1. The number of hydrogen-bond acceptors (Lipinski definition) is 3. The van der Waals surface area contributed by atoms with Crippen LogP contribution in [-0.2, 0) is 11.2 Å². The van der Waals surface area contributed by atoms with Crippen LogP contribution in [0.25, 0.3) is 11.1 Å². The molecule has 0 saturated heterocycles. The normalized spacial score (nSPS) is 11.8. The third-order valence-electron chi connectivity index (χ3n) is 4.91. The minimum atomic E-state index is -0.118. The van der Waals surface area contributed by atoms with Gasteiger partial charge in [0.1, 0.15) is 5.75 Å². The Bertz CT molecular complexity index is 895. The lowest BCUT2D eigenvalue weighted by molar-refractivity contribution is -0.123. The lowest BCUT2D eigenvalue weighted by Crippen LogP contribution is -2.43. The maximum absolute atomic E-state index is 12.4. The van der Waals surface area contributed by atoms with E-state index in [9.17, 15) is 4.79 Å². The van der Waals surface area contributed by atoms with Gasteiger partial charge < -0.3 is 15.0 Å². The van der Waals surface area contributed by atoms with Crippen molar-refractivity contribution in [3.63, 3.8) is 0 Å². The van der Waals surface area contributed by atoms with Crippen molar-refractivity contribution in [1.29, 1.82) is 0 Å². The van der Waals surface area contributed by atoms with E-state index in [1.807, 2.05) is 86.9 Å². The van der Waals surface area contributed by atoms with E-state index in [2.05, 4.69) is 22.3 Å². The third-order valence-corrected chi connectivity index (χ3v) is 4.91. The smallest absolute Gasteiger partial charge is 0.257 e. The molecule has 0 fully saturated rings. The molecule has 0 spiro atoms. The number of benzene rings is 3. The van der Waals surface area contributed by atoms with Crippen LogP contribution < -0.4 is 10.1 Å². The van der Waals surface area contributed by atoms with Gasteiger partial charge >= 0.3 is 0 Å². The fraction of sp³-hybridized carbons (Fsp3) is 0.240. The first kappa shape index (κ1) is 20.6. The average Bonchev–Trinajstić information content (AvgIpc) is 2.76. The van der Waals surface area contributed by atoms with Crippen LogP contribution in [0.3, 0.4) is 0 Å². The number of likely N-dealkylation sites (N-methyl/N-ethyl adjacent to an activating group) is 1. The van der Waals surface area contributed by atoms with Gasteiger partial charge in [0, 0.05) is 18.2 Å². The molecule has 1 N–H and O–H groups in total. The first-order valence-corrected chi connectivity index (χ1v) is 9.88. The van der Waals surface area contributed by atoms with Crippen molar-refractivity contribution in [3.05, 3.63) is 90.5 Å². The molecule has 0 saturated carbocycles. The zero-order valence-corrected chi connectivity index (χ0v) is 17.0. The molecule has 0 bridgehead atoms. The Morgan fingerprint density at radius 3 is 2.21 bits per heavy atom. The highest BCUT2D eigenvalue weighted by atomic mass is 16.5. The van der Waals surface area contributed by atoms with Gasteiger partial charge in [-0.05, 0) is 37.7 Å². The second kappa shape index (κ2) is 10.4. The Morgan fingerprint density at radius 2 is 1.52 bits per heavy atom. The van der Waals surface area contributed by atoms with Crippen molar-refractivity contribution >= 4 is 5.91 Å². The molecule has 0 aliphatic heterocycles. The second-order valence-corrected chi connectivity index (χ2v) is 7.26. The molecule has 0 aliphatic rings. The zero-order chi connectivity index (χ0) is 20.5. The Hall–Kier alpha value is -3.11. The number of nitrogens with one attached hydrogen (secondary N) is 1. The number of ether oxygens (including phenoxy) is 1. The van der Waals surface area contributed by atoms with Crippen LogP contribution in [0, 0.1) is 0 Å². The summed E-state index contributed by atoms with van der Waals surface area (Å²) in [6.07, 6.45) is 0.881. The molecule has 0 aromatic heterocycles. The largest absolute Gasteiger partial charge is 0.483 e. The number of para-hydroxylation sites is 1. The Morgan fingerprint density at radius 1 is 0.897 bits per heavy atom. The lowest BCUT2D eigenvalue weighted by atomic mass is 10.0. The maximum Gasteiger partial charge on any atom is 0.257 e. The average molecular weight is 389 g/mol. The van der Waals surface area contributed by atoms with E-state index in [1.54, 1.807) is 0 Å². The van der Waals surface area contributed by atoms with Gasteiger partial charge in [0.2, 0.25) is 0 Å². The Labute approximate surface area is 173 Å². The van der Waals surface area contributed by atoms with E-state index in [4.69, 9.17) is 4.74 Å². The van der Waals surface area contributed by atoms with Gasteiger partial charge in [-0.25, -0.2) is 0 Å². The summed E-state index contributed by atoms with van der Waals surface area (Å²) in [5.74, 6) is 0.593. The number of amides is 1. The molecule has 4 heteroatoms. The van der Waals surface area contributed by atoms with Crippen LogP contribution in [0.1, 0.15) is 5.56 Å². The molecule has 0 aliphatic carbocycles. The fourth-order valence-corrected chi connectivity index (χ4v) is 3.20. The number of nitrogens with zero attached hydrogens (tertiary/aromatic N) is 1. The predicted octanol–water partition coefficient (Wildman–Crippen LogP) is 4.02. The summed E-state index contributed by atoms with van der Waals surface area (Å²) in [4.78, 5) is 14.5. The molecule has 150 valence electrons. The van der Waals surface area contributed by atoms with Gasteiger partial charge in [-0.2, -0.15) is 0 Å². The topological polar surface area (TPSA) is 41.6 Å². The number of carbonyl (C=O) groups is 1. The first-order chi connectivity index (χ1) is 14.1. The summed E-state index contributed by atoms with van der Waals surface area (Å²) in [7, 11) is 4.07. The van der Waals surface area contributed by atoms with Crippen LogP contribution in [0.15, 0.2) is 84.9 Å². The molecule has 29 heavy (non-hydrogen) atoms. The molecule has 1 amide bonds. The number of carbonyl (C=O) groups excluding carboxylic acids is 1. The molecule has 3 aromatic rings. The molecular formula is C25H28N2O2. The summed E-state index contributed by atoms with van der Waals surface area (Å²) in [5, 5.41) is 3.01. The summed E-state index contributed by atoms with van der Waals surface area (Å²) >= 11 is 0. The van der Waals surface area contributed by atoms with Gasteiger partial charge in [-0.1, -0.05) is 78.9 Å². The standard InChI is InChI=1S/C25H28N2O2/c1-27(2)22(17-20-11-5-3-6-12-20)18-26-25(28)19-29-24-16-10-9-15-23(24)21-13-7-4-8-14-21/h3-16,22H,17-19H2,1-2H3,(H,26,28)/t22-/m1/s1. The molecule has 3 aromatic carbocycles. The highest BCUT2D eigenvalue weighted by Gasteiger charge is 2.14. The monoisotopic (exact) mass is 388 g/mol. The maximum atomic E-state index is 12.4. The molecule has 4 nitrogen and oxygen atoms in total. The van der Waals surface area contributed by atoms with E-state index >= 15 is 0 Å². The van der Waals surface area contributed by atoms with Gasteiger partial charge in [0.05, 0.1) is 0 Å². The molecule has 3 rings (SSSR count). The van der Waals surface area contributed by atoms with Crippen LogP contribution in [0.2, 0.25) is 0 Å². The molecule has 0 unspecified atom stereocenters. The van der Waals surface area contributed by atoms with E-state index in [0.29, 0.717) is 12.3 Å². The summed E-state index contributed by atoms with van der Waals surface area (Å²) in [6.45, 7) is 0.569. The quantitative estimate of drug-likeness (QED) is 0.602. The Balaban J connectivity index is 1.55. The molecule has 0 heterocycles. The van der Waals surface area contributed by atoms with Gasteiger partial charge in [0.25, 0.3) is 5.91 Å². The highest BCUT2D eigenvalue weighted by molar-refractivity contribution is 5.78. The number of hydrogen-bond donors (Lipinski definition) is 1. The summed E-state index contributed by atoms with van der Waals surface area (Å²) in [5.41, 5.74) is 3.31. The van der Waals surface area contributed by atoms with Crippen molar-refractivity contribution in [2.24, 2.45) is 0 Å². The van der Waals surface area contributed by atoms with Crippen molar-refractivity contribution in [2.75, 3.05) is 27.2 Å². The summed E-state index contributed by atoms with van der Waals surface area (Å²) in [6, 6.07) is 28.4. The van der Waals surface area contributed by atoms with Crippen LogP contribution in [0.4, 0.5) is 0 Å². The third kappa shape index (κ3) is 6.19.